The fraction of sp³-hybridized carbons (Fsp3) is 0.360. The predicted molar refractivity (Wildman–Crippen MR) is 130 cm³/mol. The van der Waals surface area contributed by atoms with Crippen LogP contribution in [0.5, 0.6) is 0 Å². The second-order valence-corrected chi connectivity index (χ2v) is 9.57. The summed E-state index contributed by atoms with van der Waals surface area (Å²) in [4.78, 5) is 14.9. The summed E-state index contributed by atoms with van der Waals surface area (Å²) in [5, 5.41) is 12.8. The smallest absolute Gasteiger partial charge is 0.266 e. The van der Waals surface area contributed by atoms with Crippen molar-refractivity contribution < 1.29 is 9.18 Å². The number of nitrogens with one attached hydrogen (secondary N) is 1. The summed E-state index contributed by atoms with van der Waals surface area (Å²) in [7, 11) is 0. The third-order valence-electron chi connectivity index (χ3n) is 5.79. The minimum atomic E-state index is -0.648. The minimum Gasteiger partial charge on any atom is -0.366 e. The van der Waals surface area contributed by atoms with E-state index in [-0.39, 0.29) is 27.6 Å². The number of anilines is 2. The number of carbonyl (C=O) groups excluding carboxylic acids is 1. The molecule has 0 radical (unpaired) electrons. The number of hydrogen-bond acceptors (Lipinski definition) is 3. The molecule has 0 aliphatic carbocycles. The summed E-state index contributed by atoms with van der Waals surface area (Å²) in [5.74, 6) is -0.897. The Kier molecular flexibility index (Phi) is 7.17. The maximum Gasteiger partial charge on any atom is 0.266 e. The lowest BCUT2D eigenvalue weighted by Gasteiger charge is -2.47. The third-order valence-corrected chi connectivity index (χ3v) is 6.53. The summed E-state index contributed by atoms with van der Waals surface area (Å²) < 4.78 is 15.1. The fourth-order valence-electron chi connectivity index (χ4n) is 4.35. The highest BCUT2D eigenvalue weighted by Gasteiger charge is 2.36. The number of fused-ring (bicyclic) bond motifs is 1. The first-order valence-electron chi connectivity index (χ1n) is 10.6. The van der Waals surface area contributed by atoms with Gasteiger partial charge in [-0.3, -0.25) is 4.79 Å². The zero-order valence-electron chi connectivity index (χ0n) is 18.6. The number of hydrogen-bond donors (Lipinski definition) is 1. The van der Waals surface area contributed by atoms with Gasteiger partial charge in [0.25, 0.3) is 5.91 Å². The van der Waals surface area contributed by atoms with Gasteiger partial charge in [0.15, 0.2) is 0 Å². The first-order valence-corrected chi connectivity index (χ1v) is 11.3. The molecule has 7 heteroatoms. The quantitative estimate of drug-likeness (QED) is 0.369. The largest absolute Gasteiger partial charge is 0.366 e. The molecule has 0 fully saturated rings. The molecule has 4 nitrogen and oxygen atoms in total. The molecule has 1 amide bonds. The molecule has 168 valence electrons. The number of amides is 1. The van der Waals surface area contributed by atoms with Gasteiger partial charge in [0, 0.05) is 29.0 Å². The maximum absolute atomic E-state index is 15.1. The van der Waals surface area contributed by atoms with Crippen molar-refractivity contribution in [2.24, 2.45) is 0 Å². The standard InChI is InChI=1S/C25H26Cl2FN3O/c1-5-8-31-23-12-22(28)16(10-19(23)15(2)13-25(31,3)4)9-17(14-29)24(32)30-18-6-7-20(26)21(27)11-18/h6-7,9-12,15H,5,8,13H2,1-4H3,(H,30,32)/b17-9+. The topological polar surface area (TPSA) is 56.1 Å². The lowest BCUT2D eigenvalue weighted by atomic mass is 9.79. The molecule has 0 saturated heterocycles. The predicted octanol–water partition coefficient (Wildman–Crippen LogP) is 7.18. The van der Waals surface area contributed by atoms with Crippen molar-refractivity contribution in [1.82, 2.24) is 0 Å². The summed E-state index contributed by atoms with van der Waals surface area (Å²) >= 11 is 11.9. The van der Waals surface area contributed by atoms with Gasteiger partial charge < -0.3 is 10.2 Å². The van der Waals surface area contributed by atoms with E-state index in [0.29, 0.717) is 10.7 Å². The Morgan fingerprint density at radius 2 is 2.03 bits per heavy atom. The molecule has 0 aromatic heterocycles. The van der Waals surface area contributed by atoms with E-state index in [4.69, 9.17) is 23.2 Å². The van der Waals surface area contributed by atoms with E-state index < -0.39 is 11.7 Å². The molecule has 1 aliphatic rings. The molecule has 3 rings (SSSR count). The Bertz CT molecular complexity index is 1120. The number of rotatable bonds is 5. The van der Waals surface area contributed by atoms with Crippen LogP contribution in [0.2, 0.25) is 10.0 Å². The SMILES string of the molecule is CCCN1c2cc(F)c(/C=C(\C#N)C(=O)Nc3ccc(Cl)c(Cl)c3)cc2C(C)CC1(C)C. The molecule has 0 spiro atoms. The lowest BCUT2D eigenvalue weighted by Crippen LogP contribution is -2.48. The first kappa shape index (κ1) is 24.1. The highest BCUT2D eigenvalue weighted by Crippen LogP contribution is 2.44. The third kappa shape index (κ3) is 4.92. The molecule has 1 N–H and O–H groups in total. The molecular weight excluding hydrogens is 448 g/mol. The molecule has 2 aromatic rings. The zero-order valence-corrected chi connectivity index (χ0v) is 20.1. The van der Waals surface area contributed by atoms with Crippen LogP contribution in [0.25, 0.3) is 6.08 Å². The van der Waals surface area contributed by atoms with Crippen molar-refractivity contribution in [3.63, 3.8) is 0 Å². The van der Waals surface area contributed by atoms with Crippen LogP contribution in [0.15, 0.2) is 35.9 Å². The normalized spacial score (nSPS) is 17.5. The van der Waals surface area contributed by atoms with E-state index in [1.165, 1.54) is 18.2 Å². The summed E-state index contributed by atoms with van der Waals surface area (Å²) in [5.41, 5.74) is 2.22. The van der Waals surface area contributed by atoms with Crippen molar-refractivity contribution in [3.8, 4) is 6.07 Å². The van der Waals surface area contributed by atoms with E-state index in [2.05, 4.69) is 37.9 Å². The Labute approximate surface area is 198 Å². The van der Waals surface area contributed by atoms with Crippen molar-refractivity contribution >= 4 is 46.6 Å². The van der Waals surface area contributed by atoms with Crippen LogP contribution in [0, 0.1) is 17.1 Å². The molecule has 0 bridgehead atoms. The molecule has 32 heavy (non-hydrogen) atoms. The zero-order chi connectivity index (χ0) is 23.6. The second kappa shape index (κ2) is 9.52. The Morgan fingerprint density at radius 1 is 1.31 bits per heavy atom. The number of carbonyl (C=O) groups is 1. The van der Waals surface area contributed by atoms with Crippen LogP contribution < -0.4 is 10.2 Å². The monoisotopic (exact) mass is 473 g/mol. The van der Waals surface area contributed by atoms with Crippen molar-refractivity contribution in [1.29, 1.82) is 5.26 Å². The summed E-state index contributed by atoms with van der Waals surface area (Å²) in [6.45, 7) is 9.41. The number of benzene rings is 2. The van der Waals surface area contributed by atoms with Crippen LogP contribution in [0.3, 0.4) is 0 Å². The van der Waals surface area contributed by atoms with Crippen molar-refractivity contribution in [2.45, 2.75) is 52.0 Å². The first-order chi connectivity index (χ1) is 15.1. The van der Waals surface area contributed by atoms with Crippen molar-refractivity contribution in [2.75, 3.05) is 16.8 Å². The van der Waals surface area contributed by atoms with E-state index in [1.54, 1.807) is 18.2 Å². The Hall–Kier alpha value is -2.55. The van der Waals surface area contributed by atoms with Gasteiger partial charge in [-0.1, -0.05) is 37.0 Å². The van der Waals surface area contributed by atoms with Crippen LogP contribution >= 0.6 is 23.2 Å². The average Bonchev–Trinajstić information content (AvgIpc) is 2.72. The number of halogens is 3. The molecule has 1 heterocycles. The van der Waals surface area contributed by atoms with Gasteiger partial charge in [0.05, 0.1) is 10.0 Å². The van der Waals surface area contributed by atoms with Crippen LogP contribution in [0.4, 0.5) is 15.8 Å². The molecule has 2 aromatic carbocycles. The van der Waals surface area contributed by atoms with Crippen molar-refractivity contribution in [3.05, 3.63) is 62.9 Å². The van der Waals surface area contributed by atoms with Gasteiger partial charge in [0.1, 0.15) is 17.5 Å². The number of nitrogens with zero attached hydrogens (tertiary/aromatic N) is 2. The molecule has 1 aliphatic heterocycles. The van der Waals surface area contributed by atoms with Crippen LogP contribution in [-0.2, 0) is 4.79 Å². The van der Waals surface area contributed by atoms with E-state index in [9.17, 15) is 10.1 Å². The molecular formula is C25H26Cl2FN3O. The molecule has 1 unspecified atom stereocenters. The highest BCUT2D eigenvalue weighted by atomic mass is 35.5. The number of nitriles is 1. The van der Waals surface area contributed by atoms with E-state index in [1.807, 2.05) is 6.07 Å². The molecule has 1 atom stereocenters. The highest BCUT2D eigenvalue weighted by molar-refractivity contribution is 6.42. The molecule has 0 saturated carbocycles. The van der Waals surface area contributed by atoms with E-state index in [0.717, 1.165) is 30.6 Å². The van der Waals surface area contributed by atoms with Gasteiger partial charge in [-0.25, -0.2) is 4.39 Å². The summed E-state index contributed by atoms with van der Waals surface area (Å²) in [6.07, 6.45) is 3.17. The Morgan fingerprint density at radius 3 is 2.66 bits per heavy atom. The van der Waals surface area contributed by atoms with Gasteiger partial charge in [0.2, 0.25) is 0 Å². The average molecular weight is 474 g/mol. The lowest BCUT2D eigenvalue weighted by molar-refractivity contribution is -0.112. The second-order valence-electron chi connectivity index (χ2n) is 8.75. The minimum absolute atomic E-state index is 0.0796. The van der Waals surface area contributed by atoms with Gasteiger partial charge in [-0.15, -0.1) is 0 Å². The van der Waals surface area contributed by atoms with Crippen LogP contribution in [-0.4, -0.2) is 18.0 Å². The van der Waals surface area contributed by atoms with Gasteiger partial charge in [-0.2, -0.15) is 5.26 Å². The van der Waals surface area contributed by atoms with Gasteiger partial charge >= 0.3 is 0 Å². The van der Waals surface area contributed by atoms with E-state index >= 15 is 4.39 Å². The van der Waals surface area contributed by atoms with Gasteiger partial charge in [-0.05, 0) is 74.6 Å². The Balaban J connectivity index is 1.96. The van der Waals surface area contributed by atoms with Crippen LogP contribution in [0.1, 0.15) is 57.6 Å². The fourth-order valence-corrected chi connectivity index (χ4v) is 4.65. The maximum atomic E-state index is 15.1. The summed E-state index contributed by atoms with van der Waals surface area (Å²) in [6, 6.07) is 9.77.